The van der Waals surface area contributed by atoms with Gasteiger partial charge in [-0.2, -0.15) is 0 Å². The van der Waals surface area contributed by atoms with Crippen molar-refractivity contribution in [3.05, 3.63) is 36.5 Å². The van der Waals surface area contributed by atoms with Gasteiger partial charge in [0.15, 0.2) is 11.5 Å². The van der Waals surface area contributed by atoms with E-state index in [2.05, 4.69) is 21.5 Å². The minimum Gasteiger partial charge on any atom is -0.454 e. The van der Waals surface area contributed by atoms with Crippen LogP contribution in [0.3, 0.4) is 0 Å². The average molecular weight is 375 g/mol. The zero-order valence-electron chi connectivity index (χ0n) is 14.5. The van der Waals surface area contributed by atoms with Gasteiger partial charge in [0.05, 0.1) is 16.8 Å². The fourth-order valence-electron chi connectivity index (χ4n) is 3.14. The van der Waals surface area contributed by atoms with Crippen LogP contribution in [0.15, 0.2) is 41.4 Å². The summed E-state index contributed by atoms with van der Waals surface area (Å²) in [6.07, 6.45) is 4.05. The Labute approximate surface area is 153 Å². The van der Waals surface area contributed by atoms with Crippen LogP contribution in [0.25, 0.3) is 0 Å². The smallest absolute Gasteiger partial charge is 0.263 e. The Morgan fingerprint density at radius 3 is 2.62 bits per heavy atom. The highest BCUT2D eigenvalue weighted by Crippen LogP contribution is 2.34. The molecule has 3 heterocycles. The summed E-state index contributed by atoms with van der Waals surface area (Å²) in [6.45, 7) is 4.38. The fraction of sp³-hybridized carbons (Fsp3) is 0.389. The molecule has 1 aromatic carbocycles. The van der Waals surface area contributed by atoms with Gasteiger partial charge in [0.2, 0.25) is 6.79 Å². The molecule has 2 aliphatic rings. The van der Waals surface area contributed by atoms with Crippen LogP contribution in [0, 0.1) is 5.92 Å². The molecular formula is C18H21N3O4S. The zero-order valence-corrected chi connectivity index (χ0v) is 15.3. The number of nitrogens with one attached hydrogen (secondary N) is 1. The molecule has 8 heteroatoms. The lowest BCUT2D eigenvalue weighted by Gasteiger charge is -2.31. The van der Waals surface area contributed by atoms with Crippen LogP contribution in [0.1, 0.15) is 19.8 Å². The molecule has 1 fully saturated rings. The number of hydrogen-bond donors (Lipinski definition) is 1. The summed E-state index contributed by atoms with van der Waals surface area (Å²) in [5.74, 6) is 2.02. The highest BCUT2D eigenvalue weighted by Gasteiger charge is 2.21. The van der Waals surface area contributed by atoms with Crippen molar-refractivity contribution in [1.82, 2.24) is 4.98 Å². The van der Waals surface area contributed by atoms with Crippen molar-refractivity contribution < 1.29 is 17.9 Å². The minimum atomic E-state index is -3.74. The Kier molecular flexibility index (Phi) is 4.36. The molecule has 7 nitrogen and oxygen atoms in total. The van der Waals surface area contributed by atoms with Gasteiger partial charge >= 0.3 is 0 Å². The maximum absolute atomic E-state index is 12.6. The third-order valence-corrected chi connectivity index (χ3v) is 6.14. The third-order valence-electron chi connectivity index (χ3n) is 4.79. The van der Waals surface area contributed by atoms with Crippen LogP contribution in [0.2, 0.25) is 0 Å². The number of ether oxygens (including phenoxy) is 2. The lowest BCUT2D eigenvalue weighted by Crippen LogP contribution is -2.32. The van der Waals surface area contributed by atoms with Crippen molar-refractivity contribution in [2.24, 2.45) is 5.92 Å². The highest BCUT2D eigenvalue weighted by atomic mass is 32.2. The Bertz CT molecular complexity index is 891. The van der Waals surface area contributed by atoms with Gasteiger partial charge in [0, 0.05) is 19.2 Å². The SMILES string of the molecule is CC1CCN(c2ccc(NS(=O)(=O)c3ccc4c(c3)OCO4)nc2)CC1. The molecule has 0 aliphatic carbocycles. The molecule has 0 amide bonds. The minimum absolute atomic E-state index is 0.102. The van der Waals surface area contributed by atoms with Gasteiger partial charge in [-0.1, -0.05) is 6.92 Å². The topological polar surface area (TPSA) is 80.8 Å². The van der Waals surface area contributed by atoms with Crippen molar-refractivity contribution in [3.8, 4) is 11.5 Å². The summed E-state index contributed by atoms with van der Waals surface area (Å²) >= 11 is 0. The van der Waals surface area contributed by atoms with E-state index in [1.165, 1.54) is 25.0 Å². The van der Waals surface area contributed by atoms with E-state index in [1.54, 1.807) is 18.3 Å². The van der Waals surface area contributed by atoms with Crippen LogP contribution in [-0.4, -0.2) is 33.3 Å². The van der Waals surface area contributed by atoms with Crippen LogP contribution in [0.5, 0.6) is 11.5 Å². The Hall–Kier alpha value is -2.48. The number of benzene rings is 1. The first-order valence-electron chi connectivity index (χ1n) is 8.65. The van der Waals surface area contributed by atoms with E-state index in [0.717, 1.165) is 24.7 Å². The Morgan fingerprint density at radius 1 is 1.12 bits per heavy atom. The van der Waals surface area contributed by atoms with E-state index in [-0.39, 0.29) is 17.5 Å². The summed E-state index contributed by atoms with van der Waals surface area (Å²) in [7, 11) is -3.74. The molecule has 2 aromatic rings. The van der Waals surface area contributed by atoms with Crippen molar-refractivity contribution in [1.29, 1.82) is 0 Å². The summed E-state index contributed by atoms with van der Waals surface area (Å²) in [5, 5.41) is 0. The number of fused-ring (bicyclic) bond motifs is 1. The molecule has 1 N–H and O–H groups in total. The van der Waals surface area contributed by atoms with Crippen molar-refractivity contribution >= 4 is 21.5 Å². The predicted octanol–water partition coefficient (Wildman–Crippen LogP) is 2.85. The Balaban J connectivity index is 1.48. The first-order chi connectivity index (χ1) is 12.5. The van der Waals surface area contributed by atoms with E-state index in [4.69, 9.17) is 9.47 Å². The Morgan fingerprint density at radius 2 is 1.88 bits per heavy atom. The molecule has 26 heavy (non-hydrogen) atoms. The van der Waals surface area contributed by atoms with E-state index in [9.17, 15) is 8.42 Å². The number of rotatable bonds is 4. The van der Waals surface area contributed by atoms with E-state index in [1.807, 2.05) is 6.07 Å². The first kappa shape index (κ1) is 17.0. The molecule has 2 aliphatic heterocycles. The molecular weight excluding hydrogens is 354 g/mol. The molecule has 4 rings (SSSR count). The quantitative estimate of drug-likeness (QED) is 0.885. The van der Waals surface area contributed by atoms with Crippen LogP contribution in [-0.2, 0) is 10.0 Å². The lowest BCUT2D eigenvalue weighted by molar-refractivity contribution is 0.174. The number of anilines is 2. The van der Waals surface area contributed by atoms with Gasteiger partial charge in [-0.05, 0) is 43.0 Å². The van der Waals surface area contributed by atoms with Gasteiger partial charge in [-0.15, -0.1) is 0 Å². The maximum atomic E-state index is 12.6. The normalized spacial score (nSPS) is 17.3. The molecule has 0 atom stereocenters. The molecule has 0 radical (unpaired) electrons. The van der Waals surface area contributed by atoms with Crippen LogP contribution in [0.4, 0.5) is 11.5 Å². The van der Waals surface area contributed by atoms with E-state index in [0.29, 0.717) is 11.5 Å². The monoisotopic (exact) mass is 375 g/mol. The van der Waals surface area contributed by atoms with Gasteiger partial charge in [0.1, 0.15) is 5.82 Å². The van der Waals surface area contributed by atoms with Crippen molar-refractivity contribution in [3.63, 3.8) is 0 Å². The maximum Gasteiger partial charge on any atom is 0.263 e. The van der Waals surface area contributed by atoms with Gasteiger partial charge < -0.3 is 14.4 Å². The summed E-state index contributed by atoms with van der Waals surface area (Å²) in [6, 6.07) is 8.12. The molecule has 0 saturated carbocycles. The highest BCUT2D eigenvalue weighted by molar-refractivity contribution is 7.92. The standard InChI is InChI=1S/C18H21N3O4S/c1-13-6-8-21(9-7-13)14-2-5-18(19-11-14)20-26(22,23)15-3-4-16-17(10-15)25-12-24-16/h2-5,10-11,13H,6-9,12H2,1H3,(H,19,20). The molecule has 0 spiro atoms. The van der Waals surface area contributed by atoms with Crippen molar-refractivity contribution in [2.45, 2.75) is 24.7 Å². The summed E-state index contributed by atoms with van der Waals surface area (Å²) < 4.78 is 38.1. The van der Waals surface area contributed by atoms with E-state index >= 15 is 0 Å². The average Bonchev–Trinajstić information content (AvgIpc) is 3.11. The largest absolute Gasteiger partial charge is 0.454 e. The number of aromatic nitrogens is 1. The van der Waals surface area contributed by atoms with Crippen LogP contribution < -0.4 is 19.1 Å². The molecule has 138 valence electrons. The van der Waals surface area contributed by atoms with Gasteiger partial charge in [-0.25, -0.2) is 13.4 Å². The number of sulfonamides is 1. The third kappa shape index (κ3) is 3.41. The van der Waals surface area contributed by atoms with Gasteiger partial charge in [0.25, 0.3) is 10.0 Å². The number of hydrogen-bond acceptors (Lipinski definition) is 6. The summed E-state index contributed by atoms with van der Waals surface area (Å²) in [5.41, 5.74) is 1.02. The molecule has 1 saturated heterocycles. The number of pyridine rings is 1. The fourth-order valence-corrected chi connectivity index (χ4v) is 4.16. The molecule has 0 bridgehead atoms. The van der Waals surface area contributed by atoms with Crippen molar-refractivity contribution in [2.75, 3.05) is 29.5 Å². The molecule has 0 unspecified atom stereocenters. The first-order valence-corrected chi connectivity index (χ1v) is 10.1. The van der Waals surface area contributed by atoms with E-state index < -0.39 is 10.0 Å². The van der Waals surface area contributed by atoms with Crippen LogP contribution >= 0.6 is 0 Å². The summed E-state index contributed by atoms with van der Waals surface area (Å²) in [4.78, 5) is 6.66. The number of nitrogens with zero attached hydrogens (tertiary/aromatic N) is 2. The lowest BCUT2D eigenvalue weighted by atomic mass is 9.99. The molecule has 1 aromatic heterocycles. The number of piperidine rings is 1. The predicted molar refractivity (Wildman–Crippen MR) is 98.2 cm³/mol. The second-order valence-corrected chi connectivity index (χ2v) is 8.37. The zero-order chi connectivity index (χ0) is 18.1. The van der Waals surface area contributed by atoms with Gasteiger partial charge in [-0.3, -0.25) is 4.72 Å². The second-order valence-electron chi connectivity index (χ2n) is 6.69. The second kappa shape index (κ2) is 6.68.